The van der Waals surface area contributed by atoms with Crippen LogP contribution in [0, 0.1) is 6.92 Å². The van der Waals surface area contributed by atoms with E-state index in [-0.39, 0.29) is 0 Å². The summed E-state index contributed by atoms with van der Waals surface area (Å²) in [6, 6.07) is 4.33. The average Bonchev–Trinajstić information content (AvgIpc) is 3.26. The number of anilines is 1. The Morgan fingerprint density at radius 1 is 1.26 bits per heavy atom. The quantitative estimate of drug-likeness (QED) is 0.306. The molecule has 1 atom stereocenters. The molecule has 1 unspecified atom stereocenters. The molecule has 0 fully saturated rings. The van der Waals surface area contributed by atoms with Gasteiger partial charge in [-0.3, -0.25) is 14.7 Å². The third kappa shape index (κ3) is 13.5. The summed E-state index contributed by atoms with van der Waals surface area (Å²) in [4.78, 5) is 8.72. The molecule has 34 heavy (non-hydrogen) atoms. The summed E-state index contributed by atoms with van der Waals surface area (Å²) in [6.07, 6.45) is 15.9. The van der Waals surface area contributed by atoms with E-state index in [2.05, 4.69) is 47.7 Å². The van der Waals surface area contributed by atoms with Crippen LogP contribution < -0.4 is 11.1 Å². The Hall–Kier alpha value is -2.99. The minimum Gasteiger partial charge on any atom is -0.354 e. The van der Waals surface area contributed by atoms with E-state index in [1.165, 1.54) is 12.8 Å². The predicted octanol–water partition coefficient (Wildman–Crippen LogP) is 7.07. The highest BCUT2D eigenvalue weighted by molar-refractivity contribution is 6.00. The van der Waals surface area contributed by atoms with Crippen LogP contribution in [0.2, 0.25) is 0 Å². The number of aromatic nitrogens is 3. The molecule has 2 heterocycles. The molecule has 0 amide bonds. The summed E-state index contributed by atoms with van der Waals surface area (Å²) in [5.74, 6) is 0. The second-order valence-electron chi connectivity index (χ2n) is 8.04. The van der Waals surface area contributed by atoms with Crippen LogP contribution in [0.1, 0.15) is 78.5 Å². The van der Waals surface area contributed by atoms with Crippen molar-refractivity contribution in [2.45, 2.75) is 80.2 Å². The number of allylic oxidation sites excluding steroid dienone is 4. The van der Waals surface area contributed by atoms with Gasteiger partial charge in [0.1, 0.15) is 0 Å². The Labute approximate surface area is 207 Å². The van der Waals surface area contributed by atoms with Gasteiger partial charge < -0.3 is 11.1 Å². The van der Waals surface area contributed by atoms with Crippen LogP contribution in [0.4, 0.5) is 5.69 Å². The Morgan fingerprint density at radius 3 is 2.38 bits per heavy atom. The molecular weight excluding hydrogens is 420 g/mol. The zero-order chi connectivity index (χ0) is 25.9. The van der Waals surface area contributed by atoms with E-state index < -0.39 is 0 Å². The Bertz CT molecular complexity index is 916. The lowest BCUT2D eigenvalue weighted by Gasteiger charge is -2.09. The molecule has 2 aromatic rings. The van der Waals surface area contributed by atoms with E-state index >= 15 is 0 Å². The number of rotatable bonds is 9. The molecule has 0 spiro atoms. The molecule has 188 valence electrons. The molecule has 0 aromatic carbocycles. The van der Waals surface area contributed by atoms with Gasteiger partial charge in [0.05, 0.1) is 17.6 Å². The highest BCUT2D eigenvalue weighted by Gasteiger charge is 2.03. The minimum atomic E-state index is 0.449. The summed E-state index contributed by atoms with van der Waals surface area (Å²) < 4.78 is 1.79. The van der Waals surface area contributed by atoms with Gasteiger partial charge in [-0.1, -0.05) is 45.9 Å². The van der Waals surface area contributed by atoms with Gasteiger partial charge in [-0.2, -0.15) is 5.10 Å². The van der Waals surface area contributed by atoms with Gasteiger partial charge in [0.15, 0.2) is 0 Å². The van der Waals surface area contributed by atoms with Gasteiger partial charge in [-0.25, -0.2) is 0 Å². The molecule has 0 bridgehead atoms. The number of nitrogens with one attached hydrogen (secondary N) is 1. The second-order valence-corrected chi connectivity index (χ2v) is 8.04. The van der Waals surface area contributed by atoms with Gasteiger partial charge in [0.2, 0.25) is 0 Å². The number of hydrogen-bond acceptors (Lipinski definition) is 5. The Kier molecular flexibility index (Phi) is 16.8. The summed E-state index contributed by atoms with van der Waals surface area (Å²) in [5.41, 5.74) is 11.4. The lowest BCUT2D eigenvalue weighted by Crippen LogP contribution is -2.17. The van der Waals surface area contributed by atoms with Crippen molar-refractivity contribution in [3.05, 3.63) is 72.6 Å². The van der Waals surface area contributed by atoms with Crippen molar-refractivity contribution >= 4 is 17.0 Å². The third-order valence-corrected chi connectivity index (χ3v) is 5.02. The maximum Gasteiger partial charge on any atom is 0.0601 e. The van der Waals surface area contributed by atoms with Crippen molar-refractivity contribution in [1.82, 2.24) is 14.8 Å². The molecule has 0 radical (unpaired) electrons. The van der Waals surface area contributed by atoms with E-state index in [1.807, 2.05) is 77.6 Å². The van der Waals surface area contributed by atoms with E-state index in [0.29, 0.717) is 6.04 Å². The maximum absolute atomic E-state index is 5.58. The molecular formula is C28H46N6. The highest BCUT2D eigenvalue weighted by Crippen LogP contribution is 2.17. The number of hydrogen-bond donors (Lipinski definition) is 2. The van der Waals surface area contributed by atoms with Crippen LogP contribution in [0.5, 0.6) is 0 Å². The van der Waals surface area contributed by atoms with E-state index in [9.17, 15) is 0 Å². The zero-order valence-corrected chi connectivity index (χ0v) is 22.6. The fourth-order valence-corrected chi connectivity index (χ4v) is 2.67. The average molecular weight is 467 g/mol. The molecule has 0 aliphatic heterocycles. The fourth-order valence-electron chi connectivity index (χ4n) is 2.67. The van der Waals surface area contributed by atoms with Crippen molar-refractivity contribution in [2.75, 3.05) is 5.32 Å². The van der Waals surface area contributed by atoms with Gasteiger partial charge >= 0.3 is 0 Å². The molecule has 0 saturated carbocycles. The highest BCUT2D eigenvalue weighted by atomic mass is 15.2. The smallest absolute Gasteiger partial charge is 0.0601 e. The Morgan fingerprint density at radius 2 is 1.94 bits per heavy atom. The maximum atomic E-state index is 5.58. The van der Waals surface area contributed by atoms with Crippen molar-refractivity contribution < 1.29 is 0 Å². The lowest BCUT2D eigenvalue weighted by molar-refractivity contribution is 0.587. The largest absolute Gasteiger partial charge is 0.354 e. The van der Waals surface area contributed by atoms with Crippen molar-refractivity contribution in [3.8, 4) is 0 Å². The van der Waals surface area contributed by atoms with Gasteiger partial charge in [-0.05, 0) is 64.7 Å². The van der Waals surface area contributed by atoms with Gasteiger partial charge in [0, 0.05) is 48.6 Å². The SMILES string of the molecule is C/C=C\C.C=C(Nc1ccnc(C)c1)C(C)=N/C=C(\CC)c1cnn(C)c1.CCCC(N)CC. The molecule has 2 rings (SSSR count). The van der Waals surface area contributed by atoms with Crippen molar-refractivity contribution in [3.63, 3.8) is 0 Å². The summed E-state index contributed by atoms with van der Waals surface area (Å²) in [7, 11) is 1.91. The number of aliphatic imine (C=N–C) groups is 1. The lowest BCUT2D eigenvalue weighted by atomic mass is 10.1. The van der Waals surface area contributed by atoms with Crippen molar-refractivity contribution in [2.24, 2.45) is 17.8 Å². The normalized spacial score (nSPS) is 12.4. The first kappa shape index (κ1) is 31.0. The summed E-state index contributed by atoms with van der Waals surface area (Å²) in [5, 5.41) is 7.46. The van der Waals surface area contributed by atoms with Crippen LogP contribution in [-0.4, -0.2) is 26.5 Å². The van der Waals surface area contributed by atoms with Crippen molar-refractivity contribution in [1.29, 1.82) is 0 Å². The topological polar surface area (TPSA) is 81.1 Å². The van der Waals surface area contributed by atoms with E-state index in [4.69, 9.17) is 5.73 Å². The molecule has 6 nitrogen and oxygen atoms in total. The van der Waals surface area contributed by atoms with E-state index in [1.54, 1.807) is 10.9 Å². The first-order valence-electron chi connectivity index (χ1n) is 12.2. The molecule has 2 aromatic heterocycles. The number of nitrogens with zero attached hydrogens (tertiary/aromatic N) is 4. The first-order chi connectivity index (χ1) is 16.2. The molecule has 0 saturated heterocycles. The number of nitrogens with two attached hydrogens (primary N) is 1. The third-order valence-electron chi connectivity index (χ3n) is 5.02. The molecule has 0 aliphatic rings. The Balaban J connectivity index is 0.000000826. The van der Waals surface area contributed by atoms with Crippen LogP contribution in [0.3, 0.4) is 0 Å². The van der Waals surface area contributed by atoms with Crippen LogP contribution in [-0.2, 0) is 7.05 Å². The number of aryl methyl sites for hydroxylation is 2. The fraction of sp³-hybridized carbons (Fsp3) is 0.464. The van der Waals surface area contributed by atoms with Gasteiger partial charge in [0.25, 0.3) is 0 Å². The van der Waals surface area contributed by atoms with Gasteiger partial charge in [-0.15, -0.1) is 0 Å². The van der Waals surface area contributed by atoms with Crippen LogP contribution in [0.25, 0.3) is 5.57 Å². The standard InChI is InChI=1S/C18H23N5.C6H15N.C4H8/c1-6-16(17-11-21-23(5)12-17)10-20-14(3)15(4)22-18-7-8-19-13(2)9-18;1-3-5-6(7)4-2;1-3-4-2/h7-12H,4,6H2,1-3,5H3,(H,19,22);6H,3-5,7H2,1-2H3;3-4H,1-2H3/b16-10+,20-14?;;4-3-. The number of pyridine rings is 1. The second kappa shape index (κ2) is 18.4. The first-order valence-corrected chi connectivity index (χ1v) is 12.2. The molecule has 0 aliphatic carbocycles. The predicted molar refractivity (Wildman–Crippen MR) is 150 cm³/mol. The summed E-state index contributed by atoms with van der Waals surface area (Å²) in [6.45, 7) is 18.3. The summed E-state index contributed by atoms with van der Waals surface area (Å²) >= 11 is 0. The van der Waals surface area contributed by atoms with Crippen LogP contribution in [0.15, 0.2) is 66.3 Å². The molecule has 6 heteroatoms. The van der Waals surface area contributed by atoms with Crippen LogP contribution >= 0.6 is 0 Å². The monoisotopic (exact) mass is 466 g/mol. The zero-order valence-electron chi connectivity index (χ0n) is 22.6. The van der Waals surface area contributed by atoms with E-state index in [0.717, 1.165) is 46.8 Å². The molecule has 3 N–H and O–H groups in total. The minimum absolute atomic E-state index is 0.449.